The van der Waals surface area contributed by atoms with Gasteiger partial charge in [-0.05, 0) is 0 Å². The summed E-state index contributed by atoms with van der Waals surface area (Å²) in [5.41, 5.74) is 0. The van der Waals surface area contributed by atoms with Crippen molar-refractivity contribution in [1.82, 2.24) is 0 Å². The van der Waals surface area contributed by atoms with Gasteiger partial charge < -0.3 is 24.8 Å². The molecule has 5 heteroatoms. The largest absolute Gasteiger partial charge is 1.00 e. The molecule has 2 fully saturated rings. The topological polar surface area (TPSA) is 0 Å². The first-order valence-electron chi connectivity index (χ1n) is 10.5. The van der Waals surface area contributed by atoms with E-state index in [9.17, 15) is 0 Å². The van der Waals surface area contributed by atoms with Crippen LogP contribution in [0.5, 0.6) is 0 Å². The molecular weight excluding hydrogens is 483 g/mol. The monoisotopic (exact) mass is 514 g/mol. The van der Waals surface area contributed by atoms with Gasteiger partial charge in [0.25, 0.3) is 0 Å². The van der Waals surface area contributed by atoms with Gasteiger partial charge in [-0.2, -0.15) is 0 Å². The van der Waals surface area contributed by atoms with Crippen molar-refractivity contribution >= 4 is 16.1 Å². The quantitative estimate of drug-likeness (QED) is 0.467. The number of hydrogen-bond acceptors (Lipinski definition) is 0. The average molecular weight is 517 g/mol. The summed E-state index contributed by atoms with van der Waals surface area (Å²) in [5, 5.41) is 3.64. The molecule has 0 amide bonds. The molecule has 2 atom stereocenters. The number of rotatable bonds is 6. The van der Waals surface area contributed by atoms with E-state index in [2.05, 4.69) is 63.4 Å². The molecule has 4 rings (SSSR count). The number of allylic oxidation sites excluding steroid dienone is 8. The molecule has 0 saturated carbocycles. The van der Waals surface area contributed by atoms with Gasteiger partial charge in [0.1, 0.15) is 0 Å². The molecule has 2 saturated heterocycles. The van der Waals surface area contributed by atoms with E-state index in [1.165, 1.54) is 25.7 Å². The minimum Gasteiger partial charge on any atom is -1.00 e. The van der Waals surface area contributed by atoms with Crippen molar-refractivity contribution in [3.8, 4) is 0 Å². The van der Waals surface area contributed by atoms with Crippen molar-refractivity contribution in [2.24, 2.45) is 0 Å². The summed E-state index contributed by atoms with van der Waals surface area (Å²) >= 11 is -0.630. The Kier molecular flexibility index (Phi) is 7.63. The SMILES string of the molecule is CC[C]1([Zr+2][C]2(CC)C=CC([Si]3(C)CCC3)=C2)C=CC([Si]2(C)CCC2)=C1.[Cl-].[Cl-]. The molecule has 0 N–H and O–H groups in total. The van der Waals surface area contributed by atoms with Gasteiger partial charge in [-0.3, -0.25) is 0 Å². The van der Waals surface area contributed by atoms with E-state index in [1.54, 1.807) is 24.2 Å². The van der Waals surface area contributed by atoms with Gasteiger partial charge >= 0.3 is 169 Å². The fraction of sp³-hybridized carbons (Fsp3) is 0.636. The molecule has 2 aliphatic carbocycles. The van der Waals surface area contributed by atoms with Gasteiger partial charge in [0.05, 0.1) is 0 Å². The van der Waals surface area contributed by atoms with E-state index >= 15 is 0 Å². The van der Waals surface area contributed by atoms with Crippen LogP contribution in [0.2, 0.25) is 43.5 Å². The summed E-state index contributed by atoms with van der Waals surface area (Å²) in [4.78, 5) is 0. The maximum atomic E-state index is 2.81. The molecule has 0 aromatic rings. The van der Waals surface area contributed by atoms with E-state index in [-0.39, 0.29) is 24.8 Å². The van der Waals surface area contributed by atoms with Crippen molar-refractivity contribution in [3.05, 3.63) is 46.8 Å². The van der Waals surface area contributed by atoms with Crippen LogP contribution in [-0.2, 0) is 23.2 Å². The van der Waals surface area contributed by atoms with E-state index in [0.717, 1.165) is 0 Å². The van der Waals surface area contributed by atoms with Crippen molar-refractivity contribution < 1.29 is 48.0 Å². The van der Waals surface area contributed by atoms with Crippen LogP contribution in [0.25, 0.3) is 0 Å². The molecule has 0 radical (unpaired) electrons. The zero-order valence-electron chi connectivity index (χ0n) is 17.4. The van der Waals surface area contributed by atoms with E-state index in [4.69, 9.17) is 0 Å². The van der Waals surface area contributed by atoms with Crippen molar-refractivity contribution in [1.29, 1.82) is 0 Å². The van der Waals surface area contributed by atoms with Gasteiger partial charge in [0.15, 0.2) is 0 Å². The minimum absolute atomic E-state index is 0. The predicted molar refractivity (Wildman–Crippen MR) is 112 cm³/mol. The third kappa shape index (κ3) is 4.20. The van der Waals surface area contributed by atoms with Crippen LogP contribution < -0.4 is 24.8 Å². The van der Waals surface area contributed by atoms with Crippen molar-refractivity contribution in [2.75, 3.05) is 0 Å². The summed E-state index contributed by atoms with van der Waals surface area (Å²) in [7, 11) is -2.05. The second-order valence-electron chi connectivity index (χ2n) is 9.61. The Labute approximate surface area is 192 Å². The van der Waals surface area contributed by atoms with E-state index in [1.807, 2.05) is 10.4 Å². The predicted octanol–water partition coefficient (Wildman–Crippen LogP) is 1.25. The molecule has 0 nitrogen and oxygen atoms in total. The van der Waals surface area contributed by atoms with Crippen LogP contribution in [0.1, 0.15) is 39.5 Å². The van der Waals surface area contributed by atoms with E-state index < -0.39 is 39.4 Å². The van der Waals surface area contributed by atoms with Gasteiger partial charge in [-0.25, -0.2) is 0 Å². The fourth-order valence-corrected chi connectivity index (χ4v) is 17.0. The summed E-state index contributed by atoms with van der Waals surface area (Å²) in [6.07, 6.45) is 21.8. The third-order valence-corrected chi connectivity index (χ3v) is 22.7. The number of hydrogen-bond donors (Lipinski definition) is 0. The Bertz CT molecular complexity index is 630. The zero-order chi connectivity index (χ0) is 17.8. The first-order chi connectivity index (χ1) is 11.9. The molecular formula is C22H34Cl2Si2Zr. The Morgan fingerprint density at radius 3 is 1.41 bits per heavy atom. The second-order valence-corrected chi connectivity index (χ2v) is 24.2. The molecule has 2 heterocycles. The Morgan fingerprint density at radius 1 is 0.778 bits per heavy atom. The van der Waals surface area contributed by atoms with Crippen molar-refractivity contribution in [3.63, 3.8) is 0 Å². The van der Waals surface area contributed by atoms with Crippen molar-refractivity contribution in [2.45, 2.75) is 83.0 Å². The van der Waals surface area contributed by atoms with Crippen LogP contribution in [0.4, 0.5) is 0 Å². The average Bonchev–Trinajstić information content (AvgIpc) is 3.17. The molecule has 0 bridgehead atoms. The molecule has 0 spiro atoms. The maximum Gasteiger partial charge on any atom is -1.00 e. The fourth-order valence-electron chi connectivity index (χ4n) is 5.17. The number of halogens is 2. The Morgan fingerprint density at radius 2 is 1.15 bits per heavy atom. The molecule has 0 aromatic carbocycles. The third-order valence-electron chi connectivity index (χ3n) is 7.89. The van der Waals surface area contributed by atoms with Gasteiger partial charge in [0.2, 0.25) is 0 Å². The minimum atomic E-state index is -1.02. The van der Waals surface area contributed by atoms with Crippen LogP contribution in [0.3, 0.4) is 0 Å². The van der Waals surface area contributed by atoms with Crippen LogP contribution in [0.15, 0.2) is 46.8 Å². The Hall–Kier alpha value is 0.857. The molecule has 148 valence electrons. The summed E-state index contributed by atoms with van der Waals surface area (Å²) in [6, 6.07) is 6.17. The first-order valence-corrected chi connectivity index (χ1v) is 18.8. The second kappa shape index (κ2) is 8.54. The van der Waals surface area contributed by atoms with Gasteiger partial charge in [-0.15, -0.1) is 0 Å². The maximum absolute atomic E-state index is 2.81. The Balaban J connectivity index is 0.00000131. The molecule has 2 unspecified atom stereocenters. The molecule has 27 heavy (non-hydrogen) atoms. The zero-order valence-corrected chi connectivity index (χ0v) is 23.3. The smallest absolute Gasteiger partial charge is 1.00 e. The normalized spacial score (nSPS) is 34.4. The summed E-state index contributed by atoms with van der Waals surface area (Å²) in [6.45, 7) is 10.2. The summed E-state index contributed by atoms with van der Waals surface area (Å²) < 4.78 is 0.970. The molecule has 0 aromatic heterocycles. The van der Waals surface area contributed by atoms with Crippen LogP contribution in [0, 0.1) is 0 Å². The standard InChI is InChI=1S/2C11H17Si.2ClH.Zr/c2*1-3-10-5-6-11(9-10)12(2)7-4-8-12;;;/h2*5-6,9H,3-4,7-8H2,1-2H3;2*1H;/q;;;;+2/p-2. The molecule has 2 aliphatic heterocycles. The molecule has 4 aliphatic rings. The van der Waals surface area contributed by atoms with Gasteiger partial charge in [0, 0.05) is 0 Å². The van der Waals surface area contributed by atoms with Gasteiger partial charge in [-0.1, -0.05) is 0 Å². The van der Waals surface area contributed by atoms with Crippen LogP contribution >= 0.6 is 0 Å². The van der Waals surface area contributed by atoms with E-state index in [0.29, 0.717) is 6.25 Å². The first kappa shape index (κ1) is 24.1. The van der Waals surface area contributed by atoms with Crippen LogP contribution in [-0.4, -0.2) is 16.1 Å². The summed E-state index contributed by atoms with van der Waals surface area (Å²) in [5.74, 6) is 0.